The van der Waals surface area contributed by atoms with Crippen molar-refractivity contribution in [2.24, 2.45) is 5.92 Å². The van der Waals surface area contributed by atoms with Crippen LogP contribution in [0.5, 0.6) is 5.75 Å². The second kappa shape index (κ2) is 8.34. The Labute approximate surface area is 161 Å². The second-order valence-corrected chi connectivity index (χ2v) is 7.86. The molecule has 146 valence electrons. The molecule has 1 aromatic heterocycles. The SMILES string of the molecule is CCCCN1CCC(COC(=O)c2cc3[nH]ccc3c3c2OCCC3)CC1. The Morgan fingerprint density at radius 2 is 2.22 bits per heavy atom. The van der Waals surface area contributed by atoms with Crippen molar-refractivity contribution in [2.75, 3.05) is 32.8 Å². The third-order valence-electron chi connectivity index (χ3n) is 5.93. The fourth-order valence-electron chi connectivity index (χ4n) is 4.28. The van der Waals surface area contributed by atoms with Gasteiger partial charge in [0.1, 0.15) is 11.3 Å². The number of hydrogen-bond acceptors (Lipinski definition) is 4. The Bertz CT molecular complexity index is 790. The summed E-state index contributed by atoms with van der Waals surface area (Å²) in [6.45, 7) is 6.85. The number of aryl methyl sites for hydroxylation is 1. The fourth-order valence-corrected chi connectivity index (χ4v) is 4.28. The van der Waals surface area contributed by atoms with E-state index in [9.17, 15) is 4.79 Å². The first kappa shape index (κ1) is 18.4. The molecule has 2 aliphatic rings. The van der Waals surface area contributed by atoms with Gasteiger partial charge in [-0.15, -0.1) is 0 Å². The van der Waals surface area contributed by atoms with E-state index in [0.717, 1.165) is 61.0 Å². The van der Waals surface area contributed by atoms with Crippen molar-refractivity contribution >= 4 is 16.9 Å². The summed E-state index contributed by atoms with van der Waals surface area (Å²) in [5, 5.41) is 1.15. The van der Waals surface area contributed by atoms with Crippen LogP contribution < -0.4 is 4.74 Å². The van der Waals surface area contributed by atoms with Crippen LogP contribution in [0, 0.1) is 5.92 Å². The minimum Gasteiger partial charge on any atom is -0.492 e. The summed E-state index contributed by atoms with van der Waals surface area (Å²) < 4.78 is 11.6. The van der Waals surface area contributed by atoms with E-state index < -0.39 is 0 Å². The molecule has 2 aliphatic heterocycles. The Kier molecular flexibility index (Phi) is 5.67. The number of nitrogens with zero attached hydrogens (tertiary/aromatic N) is 1. The predicted molar refractivity (Wildman–Crippen MR) is 106 cm³/mol. The van der Waals surface area contributed by atoms with E-state index in [1.54, 1.807) is 0 Å². The molecule has 2 aromatic rings. The van der Waals surface area contributed by atoms with Crippen molar-refractivity contribution in [3.63, 3.8) is 0 Å². The van der Waals surface area contributed by atoms with Crippen LogP contribution in [0.3, 0.4) is 0 Å². The second-order valence-electron chi connectivity index (χ2n) is 7.86. The average molecular weight is 370 g/mol. The topological polar surface area (TPSA) is 54.6 Å². The maximum Gasteiger partial charge on any atom is 0.342 e. The summed E-state index contributed by atoms with van der Waals surface area (Å²) in [4.78, 5) is 18.6. The lowest BCUT2D eigenvalue weighted by molar-refractivity contribution is 0.0367. The molecule has 0 saturated carbocycles. The van der Waals surface area contributed by atoms with Crippen molar-refractivity contribution in [1.29, 1.82) is 0 Å². The zero-order valence-corrected chi connectivity index (χ0v) is 16.3. The van der Waals surface area contributed by atoms with Crippen LogP contribution in [0.25, 0.3) is 10.9 Å². The van der Waals surface area contributed by atoms with E-state index in [1.807, 2.05) is 12.3 Å². The molecule has 0 unspecified atom stereocenters. The van der Waals surface area contributed by atoms with Gasteiger partial charge in [0.25, 0.3) is 0 Å². The molecule has 1 saturated heterocycles. The number of fused-ring (bicyclic) bond motifs is 3. The van der Waals surface area contributed by atoms with Gasteiger partial charge in [-0.1, -0.05) is 13.3 Å². The van der Waals surface area contributed by atoms with E-state index in [1.165, 1.54) is 19.4 Å². The number of benzene rings is 1. The molecule has 3 heterocycles. The van der Waals surface area contributed by atoms with Crippen LogP contribution in [-0.4, -0.2) is 48.7 Å². The molecular formula is C22H30N2O3. The maximum atomic E-state index is 12.8. The van der Waals surface area contributed by atoms with Crippen LogP contribution in [0.15, 0.2) is 18.3 Å². The van der Waals surface area contributed by atoms with Crippen LogP contribution in [0.2, 0.25) is 0 Å². The van der Waals surface area contributed by atoms with Gasteiger partial charge in [-0.25, -0.2) is 4.79 Å². The number of aromatic nitrogens is 1. The van der Waals surface area contributed by atoms with E-state index in [0.29, 0.717) is 24.7 Å². The number of carbonyl (C=O) groups is 1. The summed E-state index contributed by atoms with van der Waals surface area (Å²) in [7, 11) is 0. The molecule has 0 atom stereocenters. The molecule has 1 N–H and O–H groups in total. The molecular weight excluding hydrogens is 340 g/mol. The van der Waals surface area contributed by atoms with Gasteiger partial charge < -0.3 is 19.4 Å². The lowest BCUT2D eigenvalue weighted by atomic mass is 9.97. The van der Waals surface area contributed by atoms with E-state index >= 15 is 0 Å². The molecule has 1 fully saturated rings. The maximum absolute atomic E-state index is 12.8. The lowest BCUT2D eigenvalue weighted by Gasteiger charge is -2.31. The normalized spacial score (nSPS) is 18.3. The van der Waals surface area contributed by atoms with Crippen LogP contribution in [0.4, 0.5) is 0 Å². The largest absolute Gasteiger partial charge is 0.492 e. The first-order chi connectivity index (χ1) is 13.3. The summed E-state index contributed by atoms with van der Waals surface area (Å²) in [6, 6.07) is 3.94. The fraction of sp³-hybridized carbons (Fsp3) is 0.591. The summed E-state index contributed by atoms with van der Waals surface area (Å²) in [6.07, 6.45) is 8.59. The number of ether oxygens (including phenoxy) is 2. The standard InChI is InChI=1S/C22H30N2O3/c1-2-3-10-24-11-7-16(8-12-24)15-27-22(25)19-14-20-17(6-9-23-20)18-5-4-13-26-21(18)19/h6,9,14,16,23H,2-5,7-8,10-13,15H2,1H3. The number of likely N-dealkylation sites (tertiary alicyclic amines) is 1. The van der Waals surface area contributed by atoms with Gasteiger partial charge in [0, 0.05) is 22.7 Å². The Balaban J connectivity index is 1.39. The number of hydrogen-bond donors (Lipinski definition) is 1. The Morgan fingerprint density at radius 3 is 3.04 bits per heavy atom. The van der Waals surface area contributed by atoms with Crippen LogP contribution >= 0.6 is 0 Å². The number of H-pyrrole nitrogens is 1. The van der Waals surface area contributed by atoms with Crippen molar-refractivity contribution in [2.45, 2.75) is 45.4 Å². The van der Waals surface area contributed by atoms with Crippen molar-refractivity contribution in [1.82, 2.24) is 9.88 Å². The van der Waals surface area contributed by atoms with Gasteiger partial charge in [0.15, 0.2) is 0 Å². The molecule has 27 heavy (non-hydrogen) atoms. The number of nitrogens with one attached hydrogen (secondary N) is 1. The number of carbonyl (C=O) groups excluding carboxylic acids is 1. The number of piperidine rings is 1. The van der Waals surface area contributed by atoms with Gasteiger partial charge in [-0.3, -0.25) is 0 Å². The highest BCUT2D eigenvalue weighted by Gasteiger charge is 2.25. The van der Waals surface area contributed by atoms with E-state index in [4.69, 9.17) is 9.47 Å². The smallest absolute Gasteiger partial charge is 0.342 e. The van der Waals surface area contributed by atoms with Crippen LogP contribution in [-0.2, 0) is 11.2 Å². The number of aromatic amines is 1. The first-order valence-corrected chi connectivity index (χ1v) is 10.4. The van der Waals surface area contributed by atoms with Gasteiger partial charge in [-0.2, -0.15) is 0 Å². The quantitative estimate of drug-likeness (QED) is 0.776. The summed E-state index contributed by atoms with van der Waals surface area (Å²) in [5.41, 5.74) is 2.69. The van der Waals surface area contributed by atoms with Crippen molar-refractivity contribution in [3.05, 3.63) is 29.5 Å². The van der Waals surface area contributed by atoms with Gasteiger partial charge >= 0.3 is 5.97 Å². The molecule has 0 aliphatic carbocycles. The monoisotopic (exact) mass is 370 g/mol. The molecule has 4 rings (SSSR count). The molecule has 0 spiro atoms. The first-order valence-electron chi connectivity index (χ1n) is 10.4. The third-order valence-corrected chi connectivity index (χ3v) is 5.93. The highest BCUT2D eigenvalue weighted by molar-refractivity contribution is 6.00. The zero-order chi connectivity index (χ0) is 18.6. The minimum atomic E-state index is -0.252. The van der Waals surface area contributed by atoms with Crippen molar-refractivity contribution < 1.29 is 14.3 Å². The molecule has 1 aromatic carbocycles. The van der Waals surface area contributed by atoms with E-state index in [-0.39, 0.29) is 5.97 Å². The third kappa shape index (κ3) is 3.98. The van der Waals surface area contributed by atoms with Gasteiger partial charge in [-0.05, 0) is 69.8 Å². The molecule has 0 radical (unpaired) electrons. The Morgan fingerprint density at radius 1 is 1.37 bits per heavy atom. The number of esters is 1. The van der Waals surface area contributed by atoms with Gasteiger partial charge in [0.2, 0.25) is 0 Å². The van der Waals surface area contributed by atoms with E-state index in [2.05, 4.69) is 22.9 Å². The minimum absolute atomic E-state index is 0.252. The molecule has 5 heteroatoms. The molecule has 5 nitrogen and oxygen atoms in total. The molecule has 0 bridgehead atoms. The van der Waals surface area contributed by atoms with Gasteiger partial charge in [0.05, 0.1) is 13.2 Å². The lowest BCUT2D eigenvalue weighted by Crippen LogP contribution is -2.36. The Hall–Kier alpha value is -2.01. The number of rotatable bonds is 6. The highest BCUT2D eigenvalue weighted by Crippen LogP contribution is 2.36. The summed E-state index contributed by atoms with van der Waals surface area (Å²) >= 11 is 0. The van der Waals surface area contributed by atoms with Crippen molar-refractivity contribution in [3.8, 4) is 5.75 Å². The average Bonchev–Trinajstić information content (AvgIpc) is 3.19. The molecule has 0 amide bonds. The number of unbranched alkanes of at least 4 members (excludes halogenated alkanes) is 1. The predicted octanol–water partition coefficient (Wildman–Crippen LogP) is 4.16. The highest BCUT2D eigenvalue weighted by atomic mass is 16.5. The summed E-state index contributed by atoms with van der Waals surface area (Å²) in [5.74, 6) is 0.948. The zero-order valence-electron chi connectivity index (χ0n) is 16.3. The van der Waals surface area contributed by atoms with Crippen LogP contribution in [0.1, 0.15) is 54.9 Å².